The van der Waals surface area contributed by atoms with E-state index in [2.05, 4.69) is 15.4 Å². The normalized spacial score (nSPS) is 11.0. The van der Waals surface area contributed by atoms with Crippen LogP contribution in [0.2, 0.25) is 0 Å². The van der Waals surface area contributed by atoms with Crippen molar-refractivity contribution in [3.8, 4) is 10.9 Å². The number of furan rings is 1. The van der Waals surface area contributed by atoms with Gasteiger partial charge < -0.3 is 14.5 Å². The number of nitrogens with zero attached hydrogens (tertiary/aromatic N) is 3. The summed E-state index contributed by atoms with van der Waals surface area (Å²) in [6, 6.07) is 8.86. The van der Waals surface area contributed by atoms with Gasteiger partial charge >= 0.3 is 0 Å². The fraction of sp³-hybridized carbons (Fsp3) is 0.167. The summed E-state index contributed by atoms with van der Waals surface area (Å²) in [4.78, 5) is 17.0. The van der Waals surface area contributed by atoms with Crippen molar-refractivity contribution in [3.05, 3.63) is 53.7 Å². The molecule has 0 aliphatic carbocycles. The zero-order valence-electron chi connectivity index (χ0n) is 14.4. The van der Waals surface area contributed by atoms with E-state index < -0.39 is 0 Å². The molecular formula is C18H16N4O3S. The van der Waals surface area contributed by atoms with Gasteiger partial charge in [0, 0.05) is 5.69 Å². The zero-order valence-corrected chi connectivity index (χ0v) is 15.3. The number of rotatable bonds is 4. The van der Waals surface area contributed by atoms with Gasteiger partial charge in [0.2, 0.25) is 5.13 Å². The van der Waals surface area contributed by atoms with Crippen LogP contribution in [-0.4, -0.2) is 27.8 Å². The van der Waals surface area contributed by atoms with Crippen molar-refractivity contribution in [1.82, 2.24) is 14.8 Å². The maximum absolute atomic E-state index is 12.3. The van der Waals surface area contributed by atoms with Gasteiger partial charge in [-0.2, -0.15) is 5.10 Å². The number of fused-ring (bicyclic) bond motifs is 1. The summed E-state index contributed by atoms with van der Waals surface area (Å²) >= 11 is 1.44. The molecule has 0 radical (unpaired) electrons. The lowest BCUT2D eigenvalue weighted by Crippen LogP contribution is -2.10. The third-order valence-corrected chi connectivity index (χ3v) is 4.96. The molecule has 1 N–H and O–H groups in total. The molecule has 0 fully saturated rings. The number of thiazole rings is 1. The van der Waals surface area contributed by atoms with Crippen LogP contribution in [-0.2, 0) is 0 Å². The average molecular weight is 368 g/mol. The van der Waals surface area contributed by atoms with Crippen molar-refractivity contribution < 1.29 is 13.9 Å². The molecule has 26 heavy (non-hydrogen) atoms. The van der Waals surface area contributed by atoms with Crippen molar-refractivity contribution in [3.63, 3.8) is 0 Å². The number of anilines is 1. The van der Waals surface area contributed by atoms with Gasteiger partial charge in [0.05, 0.1) is 29.5 Å². The number of carbonyl (C=O) groups excluding carboxylic acids is 1. The van der Waals surface area contributed by atoms with E-state index in [0.717, 1.165) is 16.1 Å². The predicted molar refractivity (Wildman–Crippen MR) is 99.4 cm³/mol. The molecule has 7 nitrogen and oxygen atoms in total. The number of benzene rings is 1. The SMILES string of the molecule is COc1ccc(NC(=O)c2ccco2)c2sc(-n3nc(C)cc3C)nc12. The number of ether oxygens (including phenoxy) is 1. The smallest absolute Gasteiger partial charge is 0.291 e. The Morgan fingerprint density at radius 1 is 1.31 bits per heavy atom. The first-order chi connectivity index (χ1) is 12.6. The minimum atomic E-state index is -0.317. The molecule has 0 atom stereocenters. The Balaban J connectivity index is 1.81. The van der Waals surface area contributed by atoms with Gasteiger partial charge in [0.1, 0.15) is 11.3 Å². The topological polar surface area (TPSA) is 82.2 Å². The first-order valence-corrected chi connectivity index (χ1v) is 8.74. The Morgan fingerprint density at radius 3 is 2.81 bits per heavy atom. The zero-order chi connectivity index (χ0) is 18.3. The highest BCUT2D eigenvalue weighted by Gasteiger charge is 2.18. The van der Waals surface area contributed by atoms with Gasteiger partial charge in [-0.05, 0) is 44.2 Å². The molecule has 3 aromatic heterocycles. The van der Waals surface area contributed by atoms with E-state index >= 15 is 0 Å². The van der Waals surface area contributed by atoms with Crippen molar-refractivity contribution in [2.45, 2.75) is 13.8 Å². The summed E-state index contributed by atoms with van der Waals surface area (Å²) in [5.74, 6) is 0.569. The highest BCUT2D eigenvalue weighted by atomic mass is 32.1. The number of methoxy groups -OCH3 is 1. The molecule has 0 aliphatic heterocycles. The van der Waals surface area contributed by atoms with Crippen LogP contribution in [0.5, 0.6) is 5.75 Å². The van der Waals surface area contributed by atoms with E-state index in [4.69, 9.17) is 9.15 Å². The number of hydrogen-bond donors (Lipinski definition) is 1. The van der Waals surface area contributed by atoms with Crippen LogP contribution in [0.1, 0.15) is 21.9 Å². The Hall–Kier alpha value is -3.13. The minimum absolute atomic E-state index is 0.247. The number of amides is 1. The van der Waals surface area contributed by atoms with Gasteiger partial charge in [0.15, 0.2) is 5.76 Å². The number of aryl methyl sites for hydroxylation is 2. The molecule has 0 saturated carbocycles. The lowest BCUT2D eigenvalue weighted by atomic mass is 10.2. The van der Waals surface area contributed by atoms with Crippen LogP contribution < -0.4 is 10.1 Å². The highest BCUT2D eigenvalue weighted by Crippen LogP contribution is 2.37. The number of nitrogens with one attached hydrogen (secondary N) is 1. The second kappa shape index (κ2) is 6.30. The Morgan fingerprint density at radius 2 is 2.15 bits per heavy atom. The summed E-state index contributed by atoms with van der Waals surface area (Å²) in [7, 11) is 1.60. The summed E-state index contributed by atoms with van der Waals surface area (Å²) in [6.07, 6.45) is 1.46. The quantitative estimate of drug-likeness (QED) is 0.590. The van der Waals surface area contributed by atoms with Gasteiger partial charge in [-0.25, -0.2) is 9.67 Å². The molecule has 1 aromatic carbocycles. The van der Waals surface area contributed by atoms with Gasteiger partial charge in [-0.3, -0.25) is 4.79 Å². The van der Waals surface area contributed by atoms with Crippen LogP contribution in [0.25, 0.3) is 15.3 Å². The lowest BCUT2D eigenvalue weighted by Gasteiger charge is -2.06. The van der Waals surface area contributed by atoms with E-state index in [-0.39, 0.29) is 11.7 Å². The van der Waals surface area contributed by atoms with Crippen LogP contribution in [0.4, 0.5) is 5.69 Å². The standard InChI is InChI=1S/C18H16N4O3S/c1-10-9-11(2)22(21-10)18-20-15-13(24-3)7-6-12(16(15)26-18)19-17(23)14-5-4-8-25-14/h4-9H,1-3H3,(H,19,23). The molecule has 4 rings (SSSR count). The molecule has 1 amide bonds. The summed E-state index contributed by atoms with van der Waals surface area (Å²) in [5, 5.41) is 8.07. The Bertz CT molecular complexity index is 1100. The average Bonchev–Trinajstić information content (AvgIpc) is 3.34. The lowest BCUT2D eigenvalue weighted by molar-refractivity contribution is 0.0997. The molecule has 0 bridgehead atoms. The van der Waals surface area contributed by atoms with Crippen molar-refractivity contribution in [1.29, 1.82) is 0 Å². The fourth-order valence-electron chi connectivity index (χ4n) is 2.74. The first-order valence-electron chi connectivity index (χ1n) is 7.93. The van der Waals surface area contributed by atoms with Crippen LogP contribution >= 0.6 is 11.3 Å². The van der Waals surface area contributed by atoms with Gasteiger partial charge in [-0.1, -0.05) is 11.3 Å². The number of carbonyl (C=O) groups is 1. The van der Waals surface area contributed by atoms with Gasteiger partial charge in [-0.15, -0.1) is 0 Å². The summed E-state index contributed by atoms with van der Waals surface area (Å²) in [5.41, 5.74) is 3.23. The van der Waals surface area contributed by atoms with E-state index in [9.17, 15) is 4.79 Å². The third kappa shape index (κ3) is 2.74. The second-order valence-electron chi connectivity index (χ2n) is 5.76. The maximum Gasteiger partial charge on any atom is 0.291 e. The van der Waals surface area contributed by atoms with Crippen LogP contribution in [0.15, 0.2) is 41.0 Å². The molecule has 4 aromatic rings. The summed E-state index contributed by atoms with van der Waals surface area (Å²) in [6.45, 7) is 3.91. The monoisotopic (exact) mass is 368 g/mol. The first kappa shape index (κ1) is 16.3. The molecule has 0 aliphatic rings. The Kier molecular flexibility index (Phi) is 3.96. The van der Waals surface area contributed by atoms with E-state index in [1.54, 1.807) is 36.1 Å². The molecule has 8 heteroatoms. The molecular weight excluding hydrogens is 352 g/mol. The van der Waals surface area contributed by atoms with E-state index in [1.807, 2.05) is 19.9 Å². The highest BCUT2D eigenvalue weighted by molar-refractivity contribution is 7.21. The van der Waals surface area contributed by atoms with Crippen molar-refractivity contribution in [2.75, 3.05) is 12.4 Å². The van der Waals surface area contributed by atoms with E-state index in [0.29, 0.717) is 22.1 Å². The van der Waals surface area contributed by atoms with Crippen molar-refractivity contribution in [2.24, 2.45) is 0 Å². The summed E-state index contributed by atoms with van der Waals surface area (Å²) < 4.78 is 13.2. The van der Waals surface area contributed by atoms with Crippen LogP contribution in [0.3, 0.4) is 0 Å². The number of hydrogen-bond acceptors (Lipinski definition) is 6. The van der Waals surface area contributed by atoms with Gasteiger partial charge in [0.25, 0.3) is 5.91 Å². The molecule has 132 valence electrons. The maximum atomic E-state index is 12.3. The predicted octanol–water partition coefficient (Wildman–Crippen LogP) is 3.95. The fourth-order valence-corrected chi connectivity index (χ4v) is 3.80. The molecule has 0 saturated heterocycles. The largest absolute Gasteiger partial charge is 0.494 e. The molecule has 3 heterocycles. The molecule has 0 unspecified atom stereocenters. The van der Waals surface area contributed by atoms with Crippen molar-refractivity contribution >= 4 is 33.1 Å². The van der Waals surface area contributed by atoms with Crippen LogP contribution in [0, 0.1) is 13.8 Å². The second-order valence-corrected chi connectivity index (χ2v) is 6.74. The molecule has 0 spiro atoms. The minimum Gasteiger partial charge on any atom is -0.494 e. The van der Waals surface area contributed by atoms with E-state index in [1.165, 1.54) is 17.6 Å². The Labute approximate surface area is 153 Å². The third-order valence-electron chi connectivity index (χ3n) is 3.90. The number of aromatic nitrogens is 3.